The number of aromatic nitrogens is 2. The second-order valence-electron chi connectivity index (χ2n) is 3.92. The van der Waals surface area contributed by atoms with Gasteiger partial charge >= 0.3 is 6.18 Å². The fourth-order valence-electron chi connectivity index (χ4n) is 1.69. The number of alkyl halides is 3. The number of aryl methyl sites for hydroxylation is 1. The van der Waals surface area contributed by atoms with E-state index in [1.807, 2.05) is 0 Å². The molecular weight excluding hydrogens is 277 g/mol. The largest absolute Gasteiger partial charge is 0.493 e. The number of rotatable bonds is 2. The Morgan fingerprint density at radius 2 is 1.95 bits per heavy atom. The van der Waals surface area contributed by atoms with Crippen LogP contribution in [0.1, 0.15) is 5.56 Å². The molecule has 0 aliphatic rings. The van der Waals surface area contributed by atoms with E-state index in [1.54, 1.807) is 12.3 Å². The highest BCUT2D eigenvalue weighted by Crippen LogP contribution is 2.38. The van der Waals surface area contributed by atoms with Gasteiger partial charge in [-0.25, -0.2) is 4.68 Å². The molecule has 0 saturated carbocycles. The summed E-state index contributed by atoms with van der Waals surface area (Å²) < 4.78 is 40.0. The molecule has 0 aliphatic carbocycles. The first-order valence-electron chi connectivity index (χ1n) is 5.31. The summed E-state index contributed by atoms with van der Waals surface area (Å²) in [7, 11) is 1.51. The summed E-state index contributed by atoms with van der Waals surface area (Å²) in [5.74, 6) is -0.0995. The molecule has 102 valence electrons. The van der Waals surface area contributed by atoms with E-state index >= 15 is 0 Å². The Bertz CT molecular complexity index is 588. The SMILES string of the molecule is CSc1ccc(-c2cc(O)n(C)n2)cc1C(F)(F)F. The van der Waals surface area contributed by atoms with Gasteiger partial charge in [0.2, 0.25) is 5.88 Å². The predicted octanol–water partition coefficient (Wildman–Crippen LogP) is 3.53. The third kappa shape index (κ3) is 2.70. The van der Waals surface area contributed by atoms with Crippen LogP contribution in [-0.2, 0) is 13.2 Å². The number of benzene rings is 1. The first kappa shape index (κ1) is 13.8. The van der Waals surface area contributed by atoms with Crippen LogP contribution in [0.3, 0.4) is 0 Å². The van der Waals surface area contributed by atoms with Gasteiger partial charge < -0.3 is 5.11 Å². The maximum atomic E-state index is 12.9. The summed E-state index contributed by atoms with van der Waals surface area (Å²) in [5, 5.41) is 13.4. The van der Waals surface area contributed by atoms with E-state index < -0.39 is 11.7 Å². The quantitative estimate of drug-likeness (QED) is 0.859. The number of thioether (sulfide) groups is 1. The van der Waals surface area contributed by atoms with Crippen molar-refractivity contribution in [3.05, 3.63) is 29.8 Å². The summed E-state index contributed by atoms with van der Waals surface area (Å²) in [6.45, 7) is 0. The summed E-state index contributed by atoms with van der Waals surface area (Å²) >= 11 is 1.04. The lowest BCUT2D eigenvalue weighted by molar-refractivity contribution is -0.139. The lowest BCUT2D eigenvalue weighted by Gasteiger charge is -2.12. The fraction of sp³-hybridized carbons (Fsp3) is 0.250. The average Bonchev–Trinajstić information content (AvgIpc) is 2.68. The number of halogens is 3. The molecule has 1 aromatic heterocycles. The molecular formula is C12H11F3N2OS. The van der Waals surface area contributed by atoms with Crippen LogP contribution in [0.15, 0.2) is 29.2 Å². The van der Waals surface area contributed by atoms with E-state index in [9.17, 15) is 18.3 Å². The Hall–Kier alpha value is -1.63. The Balaban J connectivity index is 2.55. The minimum atomic E-state index is -4.41. The normalized spacial score (nSPS) is 11.8. The van der Waals surface area contributed by atoms with Gasteiger partial charge in [-0.15, -0.1) is 11.8 Å². The number of hydrogen-bond acceptors (Lipinski definition) is 3. The van der Waals surface area contributed by atoms with Gasteiger partial charge in [-0.1, -0.05) is 6.07 Å². The van der Waals surface area contributed by atoms with Crippen LogP contribution in [0.5, 0.6) is 5.88 Å². The summed E-state index contributed by atoms with van der Waals surface area (Å²) in [4.78, 5) is 0.163. The van der Waals surface area contributed by atoms with Crippen molar-refractivity contribution in [2.75, 3.05) is 6.26 Å². The smallest absolute Gasteiger partial charge is 0.417 e. The van der Waals surface area contributed by atoms with Gasteiger partial charge in [0.15, 0.2) is 0 Å². The number of hydrogen-bond donors (Lipinski definition) is 1. The lowest BCUT2D eigenvalue weighted by atomic mass is 10.1. The Morgan fingerprint density at radius 3 is 2.42 bits per heavy atom. The number of nitrogens with zero attached hydrogens (tertiary/aromatic N) is 2. The van der Waals surface area contributed by atoms with E-state index in [0.717, 1.165) is 17.8 Å². The second-order valence-corrected chi connectivity index (χ2v) is 4.77. The molecule has 19 heavy (non-hydrogen) atoms. The molecule has 1 heterocycles. The summed E-state index contributed by atoms with van der Waals surface area (Å²) in [5.41, 5.74) is -0.0678. The molecule has 0 aliphatic heterocycles. The molecule has 0 amide bonds. The molecule has 0 spiro atoms. The van der Waals surface area contributed by atoms with Crippen LogP contribution in [0.2, 0.25) is 0 Å². The van der Waals surface area contributed by atoms with Gasteiger partial charge in [0, 0.05) is 23.6 Å². The van der Waals surface area contributed by atoms with Crippen molar-refractivity contribution in [2.45, 2.75) is 11.1 Å². The molecule has 0 atom stereocenters. The Labute approximate surface area is 112 Å². The van der Waals surface area contributed by atoms with Crippen LogP contribution < -0.4 is 0 Å². The van der Waals surface area contributed by atoms with E-state index in [1.165, 1.54) is 23.9 Å². The molecule has 1 N–H and O–H groups in total. The summed E-state index contributed by atoms with van der Waals surface area (Å²) in [6, 6.07) is 5.35. The highest BCUT2D eigenvalue weighted by Gasteiger charge is 2.33. The zero-order chi connectivity index (χ0) is 14.2. The van der Waals surface area contributed by atoms with E-state index in [4.69, 9.17) is 0 Å². The molecule has 1 aromatic carbocycles. The Morgan fingerprint density at radius 1 is 1.26 bits per heavy atom. The molecule has 0 unspecified atom stereocenters. The van der Waals surface area contributed by atoms with E-state index in [2.05, 4.69) is 5.10 Å². The van der Waals surface area contributed by atoms with Gasteiger partial charge in [-0.05, 0) is 18.4 Å². The van der Waals surface area contributed by atoms with Gasteiger partial charge in [0.1, 0.15) is 0 Å². The van der Waals surface area contributed by atoms with Gasteiger partial charge in [0.25, 0.3) is 0 Å². The van der Waals surface area contributed by atoms with Gasteiger partial charge in [-0.3, -0.25) is 0 Å². The predicted molar refractivity (Wildman–Crippen MR) is 67.1 cm³/mol. The fourth-order valence-corrected chi connectivity index (χ4v) is 2.29. The topological polar surface area (TPSA) is 38.0 Å². The van der Waals surface area contributed by atoms with Crippen molar-refractivity contribution < 1.29 is 18.3 Å². The van der Waals surface area contributed by atoms with Crippen molar-refractivity contribution in [2.24, 2.45) is 7.05 Å². The third-order valence-electron chi connectivity index (χ3n) is 2.66. The third-order valence-corrected chi connectivity index (χ3v) is 3.45. The molecule has 7 heteroatoms. The molecule has 2 rings (SSSR count). The lowest BCUT2D eigenvalue weighted by Crippen LogP contribution is -2.07. The van der Waals surface area contributed by atoms with Gasteiger partial charge in [0.05, 0.1) is 11.3 Å². The minimum absolute atomic E-state index is 0.0995. The average molecular weight is 288 g/mol. The standard InChI is InChI=1S/C12H11F3N2OS/c1-17-11(18)6-9(16-17)7-3-4-10(19-2)8(5-7)12(13,14)15/h3-6,18H,1-2H3. The monoisotopic (exact) mass is 288 g/mol. The van der Waals surface area contributed by atoms with Crippen LogP contribution in [0.4, 0.5) is 13.2 Å². The van der Waals surface area contributed by atoms with Crippen molar-refractivity contribution in [1.29, 1.82) is 0 Å². The first-order valence-corrected chi connectivity index (χ1v) is 6.54. The maximum Gasteiger partial charge on any atom is 0.417 e. The van der Waals surface area contributed by atoms with Crippen molar-refractivity contribution >= 4 is 11.8 Å². The minimum Gasteiger partial charge on any atom is -0.493 e. The van der Waals surface area contributed by atoms with Crippen LogP contribution >= 0.6 is 11.8 Å². The highest BCUT2D eigenvalue weighted by molar-refractivity contribution is 7.98. The molecule has 0 saturated heterocycles. The zero-order valence-electron chi connectivity index (χ0n) is 10.2. The van der Waals surface area contributed by atoms with Crippen molar-refractivity contribution in [1.82, 2.24) is 9.78 Å². The molecule has 3 nitrogen and oxygen atoms in total. The second kappa shape index (κ2) is 4.80. The highest BCUT2D eigenvalue weighted by atomic mass is 32.2. The molecule has 0 radical (unpaired) electrons. The molecule has 2 aromatic rings. The zero-order valence-corrected chi connectivity index (χ0v) is 11.0. The number of aromatic hydroxyl groups is 1. The summed E-state index contributed by atoms with van der Waals surface area (Å²) in [6.07, 6.45) is -2.82. The van der Waals surface area contributed by atoms with Crippen LogP contribution in [0, 0.1) is 0 Å². The molecule has 0 fully saturated rings. The van der Waals surface area contributed by atoms with Crippen LogP contribution in [-0.4, -0.2) is 21.1 Å². The van der Waals surface area contributed by atoms with E-state index in [0.29, 0.717) is 11.3 Å². The van der Waals surface area contributed by atoms with Crippen molar-refractivity contribution in [3.8, 4) is 17.1 Å². The van der Waals surface area contributed by atoms with Crippen LogP contribution in [0.25, 0.3) is 11.3 Å². The Kier molecular flexibility index (Phi) is 3.49. The van der Waals surface area contributed by atoms with Gasteiger partial charge in [-0.2, -0.15) is 18.3 Å². The maximum absolute atomic E-state index is 12.9. The van der Waals surface area contributed by atoms with E-state index in [-0.39, 0.29) is 10.8 Å². The van der Waals surface area contributed by atoms with Crippen molar-refractivity contribution in [3.63, 3.8) is 0 Å². The molecule has 0 bridgehead atoms. The first-order chi connectivity index (χ1) is 8.82.